The molecule has 0 spiro atoms. The Morgan fingerprint density at radius 2 is 1.80 bits per heavy atom. The lowest BCUT2D eigenvalue weighted by Crippen LogP contribution is -2.47. The van der Waals surface area contributed by atoms with Crippen molar-refractivity contribution in [3.63, 3.8) is 0 Å². The van der Waals surface area contributed by atoms with Crippen LogP contribution in [0.4, 0.5) is 17.6 Å². The average molecular weight is 639 g/mol. The number of halogens is 4. The van der Waals surface area contributed by atoms with Crippen LogP contribution < -0.4 is 10.6 Å². The molecule has 0 saturated carbocycles. The number of aliphatic hydroxyl groups is 1. The molecule has 0 bridgehead atoms. The molecule has 0 radical (unpaired) electrons. The molecule has 2 aliphatic heterocycles. The number of sulfonamides is 1. The van der Waals surface area contributed by atoms with Crippen molar-refractivity contribution in [2.45, 2.75) is 38.3 Å². The van der Waals surface area contributed by atoms with Crippen molar-refractivity contribution >= 4 is 15.9 Å². The number of aromatic nitrogens is 2. The maximum atomic E-state index is 14.0. The Kier molecular flexibility index (Phi) is 9.41. The van der Waals surface area contributed by atoms with E-state index in [1.165, 1.54) is 28.6 Å². The molecule has 5 rings (SSSR count). The number of alkyl halides is 3. The molecule has 2 aromatic carbocycles. The van der Waals surface area contributed by atoms with E-state index < -0.39 is 46.1 Å². The smallest absolute Gasteiger partial charge is 0.390 e. The number of hydrogen-bond donors (Lipinski definition) is 3. The molecule has 238 valence electrons. The minimum Gasteiger partial charge on any atom is -0.390 e. The number of rotatable bonds is 9. The second kappa shape index (κ2) is 12.9. The van der Waals surface area contributed by atoms with Crippen LogP contribution >= 0.6 is 0 Å². The van der Waals surface area contributed by atoms with E-state index in [-0.39, 0.29) is 30.8 Å². The monoisotopic (exact) mass is 638 g/mol. The average Bonchev–Trinajstić information content (AvgIpc) is 3.33. The van der Waals surface area contributed by atoms with E-state index in [4.69, 9.17) is 5.10 Å². The zero-order valence-corrected chi connectivity index (χ0v) is 24.9. The number of nitrogens with zero attached hydrogens (tertiary/aromatic N) is 4. The summed E-state index contributed by atoms with van der Waals surface area (Å²) < 4.78 is 82.9. The quantitative estimate of drug-likeness (QED) is 0.308. The fourth-order valence-electron chi connectivity index (χ4n) is 5.62. The molecule has 1 unspecified atom stereocenters. The molecule has 1 amide bonds. The lowest BCUT2D eigenvalue weighted by atomic mass is 9.97. The van der Waals surface area contributed by atoms with Gasteiger partial charge in [0.15, 0.2) is 0 Å². The second-order valence-electron chi connectivity index (χ2n) is 11.1. The summed E-state index contributed by atoms with van der Waals surface area (Å²) in [5, 5.41) is 21.3. The van der Waals surface area contributed by atoms with Gasteiger partial charge in [0.25, 0.3) is 5.91 Å². The number of aliphatic hydroxyl groups excluding tert-OH is 1. The van der Waals surface area contributed by atoms with Crippen molar-refractivity contribution in [1.82, 2.24) is 29.6 Å². The van der Waals surface area contributed by atoms with Gasteiger partial charge in [-0.2, -0.15) is 22.6 Å². The van der Waals surface area contributed by atoms with E-state index in [1.54, 1.807) is 4.68 Å². The molecular weight excluding hydrogens is 604 g/mol. The predicted octanol–water partition coefficient (Wildman–Crippen LogP) is 2.22. The minimum atomic E-state index is -4.71. The molecule has 3 aromatic rings. The normalized spacial score (nSPS) is 17.3. The van der Waals surface area contributed by atoms with Crippen molar-refractivity contribution in [2.75, 3.05) is 45.5 Å². The molecule has 3 heterocycles. The predicted molar refractivity (Wildman–Crippen MR) is 155 cm³/mol. The Morgan fingerprint density at radius 1 is 1.09 bits per heavy atom. The maximum absolute atomic E-state index is 14.0. The summed E-state index contributed by atoms with van der Waals surface area (Å²) in [7, 11) is -3.57. The van der Waals surface area contributed by atoms with Crippen LogP contribution in [0.5, 0.6) is 0 Å². The van der Waals surface area contributed by atoms with Gasteiger partial charge >= 0.3 is 6.18 Å². The first kappa shape index (κ1) is 32.0. The summed E-state index contributed by atoms with van der Waals surface area (Å²) in [5.41, 5.74) is 0.807. The Hall–Kier alpha value is -3.37. The molecule has 44 heavy (non-hydrogen) atoms. The standard InChI is InChI=1S/C29H34F4N6O4S/c1-44(42,43)38-11-8-26-24(18-38)27(36-39(26)17-23(40)16-37-12-9-34-10-13-37)20-4-7-25(29(31,32)33)21(14-20)15-35-28(41)19-2-5-22(30)6-3-19/h2-7,14,23,34,40H,8-13,15-18H2,1H3,(H,35,41). The number of benzene rings is 2. The lowest BCUT2D eigenvalue weighted by molar-refractivity contribution is -0.138. The highest BCUT2D eigenvalue weighted by Gasteiger charge is 2.35. The van der Waals surface area contributed by atoms with Gasteiger partial charge in [-0.05, 0) is 42.0 Å². The van der Waals surface area contributed by atoms with Crippen LogP contribution in [0, 0.1) is 5.82 Å². The van der Waals surface area contributed by atoms with Crippen LogP contribution in [0.15, 0.2) is 42.5 Å². The molecular formula is C29H34F4N6O4S. The maximum Gasteiger partial charge on any atom is 0.416 e. The zero-order chi connectivity index (χ0) is 31.6. The van der Waals surface area contributed by atoms with Gasteiger partial charge in [-0.1, -0.05) is 6.07 Å². The first-order chi connectivity index (χ1) is 20.8. The van der Waals surface area contributed by atoms with E-state index >= 15 is 0 Å². The second-order valence-corrected chi connectivity index (χ2v) is 13.0. The number of amides is 1. The lowest BCUT2D eigenvalue weighted by Gasteiger charge is -2.29. The Labute approximate surface area is 252 Å². The number of hydrogen-bond acceptors (Lipinski definition) is 7. The highest BCUT2D eigenvalue weighted by atomic mass is 32.2. The summed E-state index contributed by atoms with van der Waals surface area (Å²) in [4.78, 5) is 14.7. The van der Waals surface area contributed by atoms with Gasteiger partial charge in [-0.3, -0.25) is 14.4 Å². The van der Waals surface area contributed by atoms with Gasteiger partial charge < -0.3 is 15.7 Å². The minimum absolute atomic E-state index is 0.0188. The molecule has 10 nitrogen and oxygen atoms in total. The van der Waals surface area contributed by atoms with Crippen molar-refractivity contribution < 1.29 is 35.9 Å². The molecule has 1 saturated heterocycles. The fraction of sp³-hybridized carbons (Fsp3) is 0.448. The third-order valence-electron chi connectivity index (χ3n) is 7.86. The Morgan fingerprint density at radius 3 is 2.45 bits per heavy atom. The highest BCUT2D eigenvalue weighted by Crippen LogP contribution is 2.37. The largest absolute Gasteiger partial charge is 0.416 e. The van der Waals surface area contributed by atoms with E-state index in [0.29, 0.717) is 35.5 Å². The zero-order valence-electron chi connectivity index (χ0n) is 24.1. The number of carbonyl (C=O) groups excluding carboxylic acids is 1. The van der Waals surface area contributed by atoms with Crippen LogP contribution in [0.1, 0.15) is 32.7 Å². The van der Waals surface area contributed by atoms with Crippen LogP contribution in [-0.2, 0) is 42.3 Å². The Bertz CT molecular complexity index is 1600. The number of piperazine rings is 1. The van der Waals surface area contributed by atoms with E-state index in [9.17, 15) is 35.9 Å². The highest BCUT2D eigenvalue weighted by molar-refractivity contribution is 7.88. The van der Waals surface area contributed by atoms with Crippen LogP contribution in [0.3, 0.4) is 0 Å². The summed E-state index contributed by atoms with van der Waals surface area (Å²) in [6.07, 6.45) is -4.08. The van der Waals surface area contributed by atoms with Crippen LogP contribution in [-0.4, -0.2) is 90.0 Å². The first-order valence-electron chi connectivity index (χ1n) is 14.2. The van der Waals surface area contributed by atoms with Gasteiger partial charge in [0.1, 0.15) is 5.82 Å². The summed E-state index contributed by atoms with van der Waals surface area (Å²) in [6, 6.07) is 8.10. The number of fused-ring (bicyclic) bond motifs is 1. The van der Waals surface area contributed by atoms with E-state index in [0.717, 1.165) is 50.6 Å². The molecule has 1 fully saturated rings. The van der Waals surface area contributed by atoms with Crippen LogP contribution in [0.25, 0.3) is 11.3 Å². The van der Waals surface area contributed by atoms with Crippen molar-refractivity contribution in [2.24, 2.45) is 0 Å². The van der Waals surface area contributed by atoms with Crippen molar-refractivity contribution in [3.8, 4) is 11.3 Å². The molecule has 1 aromatic heterocycles. The number of carbonyl (C=O) groups is 1. The molecule has 3 N–H and O–H groups in total. The molecule has 0 aliphatic carbocycles. The molecule has 2 aliphatic rings. The first-order valence-corrected chi connectivity index (χ1v) is 16.0. The summed E-state index contributed by atoms with van der Waals surface area (Å²) in [6.45, 7) is 3.47. The van der Waals surface area contributed by atoms with E-state index in [2.05, 4.69) is 15.5 Å². The van der Waals surface area contributed by atoms with Crippen molar-refractivity contribution in [3.05, 3.63) is 76.2 Å². The van der Waals surface area contributed by atoms with Gasteiger partial charge in [0.2, 0.25) is 10.0 Å². The number of β-amino-alcohol motifs (C(OH)–C–C–N with tert-alkyl or cyclic N) is 1. The van der Waals surface area contributed by atoms with Crippen molar-refractivity contribution in [1.29, 1.82) is 0 Å². The molecule has 15 heteroatoms. The van der Waals surface area contributed by atoms with Gasteiger partial charge in [-0.25, -0.2) is 12.8 Å². The van der Waals surface area contributed by atoms with E-state index in [1.807, 2.05) is 0 Å². The van der Waals surface area contributed by atoms with Gasteiger partial charge in [0, 0.05) is 81.2 Å². The Balaban J connectivity index is 1.47. The fourth-order valence-corrected chi connectivity index (χ4v) is 6.41. The third-order valence-corrected chi connectivity index (χ3v) is 9.11. The van der Waals surface area contributed by atoms with Gasteiger partial charge in [0.05, 0.1) is 30.2 Å². The van der Waals surface area contributed by atoms with Gasteiger partial charge in [-0.15, -0.1) is 0 Å². The third kappa shape index (κ3) is 7.46. The van der Waals surface area contributed by atoms with Crippen LogP contribution in [0.2, 0.25) is 0 Å². The topological polar surface area (TPSA) is 120 Å². The SMILES string of the molecule is CS(=O)(=O)N1CCc2c(c(-c3ccc(C(F)(F)F)c(CNC(=O)c4ccc(F)cc4)c3)nn2CC(O)CN2CCNCC2)C1. The summed E-state index contributed by atoms with van der Waals surface area (Å²) in [5.74, 6) is -1.23. The number of nitrogens with one attached hydrogen (secondary N) is 2. The molecule has 1 atom stereocenters. The summed E-state index contributed by atoms with van der Waals surface area (Å²) >= 11 is 0.